The van der Waals surface area contributed by atoms with Crippen molar-refractivity contribution in [1.29, 1.82) is 0 Å². The first kappa shape index (κ1) is 18.5. The van der Waals surface area contributed by atoms with Crippen molar-refractivity contribution >= 4 is 17.3 Å². The molecule has 1 N–H and O–H groups in total. The van der Waals surface area contributed by atoms with Gasteiger partial charge in [-0.3, -0.25) is 4.79 Å². The quantitative estimate of drug-likeness (QED) is 0.862. The molecule has 2 aromatic rings. The Balaban J connectivity index is 1.40. The van der Waals surface area contributed by atoms with Crippen LogP contribution in [0.5, 0.6) is 0 Å². The predicted molar refractivity (Wildman–Crippen MR) is 118 cm³/mol. The Hall–Kier alpha value is -2.49. The summed E-state index contributed by atoms with van der Waals surface area (Å²) in [6.07, 6.45) is 6.93. The Bertz CT molecular complexity index is 846. The van der Waals surface area contributed by atoms with Crippen LogP contribution in [0.15, 0.2) is 54.6 Å². The maximum absolute atomic E-state index is 13.4. The van der Waals surface area contributed by atoms with E-state index in [0.717, 1.165) is 38.9 Å². The van der Waals surface area contributed by atoms with Gasteiger partial charge in [0.2, 0.25) is 5.91 Å². The summed E-state index contributed by atoms with van der Waals surface area (Å²) in [7, 11) is 0. The molecule has 0 aromatic heterocycles. The number of nitrogens with one attached hydrogen (secondary N) is 1. The fourth-order valence-electron chi connectivity index (χ4n) is 5.49. The average molecular weight is 390 g/mol. The second kappa shape index (κ2) is 8.10. The Morgan fingerprint density at radius 2 is 1.66 bits per heavy atom. The third kappa shape index (κ3) is 3.73. The van der Waals surface area contributed by atoms with Crippen LogP contribution in [0.3, 0.4) is 0 Å². The van der Waals surface area contributed by atoms with Gasteiger partial charge in [-0.2, -0.15) is 0 Å². The molecule has 152 valence electrons. The lowest BCUT2D eigenvalue weighted by atomic mass is 9.82. The first-order chi connectivity index (χ1) is 14.3. The fourth-order valence-corrected chi connectivity index (χ4v) is 5.49. The smallest absolute Gasteiger partial charge is 0.225 e. The number of benzene rings is 2. The topological polar surface area (TPSA) is 35.6 Å². The molecular weight excluding hydrogens is 358 g/mol. The van der Waals surface area contributed by atoms with Crippen LogP contribution in [0, 0.1) is 5.92 Å². The van der Waals surface area contributed by atoms with E-state index in [1.165, 1.54) is 36.2 Å². The van der Waals surface area contributed by atoms with Gasteiger partial charge < -0.3 is 15.1 Å². The van der Waals surface area contributed by atoms with Gasteiger partial charge in [-0.15, -0.1) is 0 Å². The van der Waals surface area contributed by atoms with E-state index in [1.807, 2.05) is 0 Å². The van der Waals surface area contributed by atoms with E-state index in [9.17, 15) is 4.79 Å². The molecule has 2 aromatic carbocycles. The van der Waals surface area contributed by atoms with Crippen LogP contribution >= 0.6 is 0 Å². The zero-order chi connectivity index (χ0) is 19.6. The number of hydrogen-bond acceptors (Lipinski definition) is 3. The molecular formula is C25H31N3O. The lowest BCUT2D eigenvalue weighted by Crippen LogP contribution is -2.61. The van der Waals surface area contributed by atoms with Gasteiger partial charge in [-0.25, -0.2) is 0 Å². The summed E-state index contributed by atoms with van der Waals surface area (Å²) in [5.74, 6) is 0.273. The van der Waals surface area contributed by atoms with E-state index >= 15 is 0 Å². The van der Waals surface area contributed by atoms with Gasteiger partial charge in [0.1, 0.15) is 0 Å². The van der Waals surface area contributed by atoms with Crippen LogP contribution in [0.4, 0.5) is 11.4 Å². The molecule has 0 spiro atoms. The van der Waals surface area contributed by atoms with Crippen LogP contribution in [-0.4, -0.2) is 37.6 Å². The summed E-state index contributed by atoms with van der Waals surface area (Å²) in [5.41, 5.74) is 3.91. The molecule has 5 rings (SSSR count). The standard InChI is InChI=1S/C25H31N3O/c29-25(26-20-10-3-1-4-11-20)22-17-19-9-7-8-14-23(19)28-16-15-27(18-24(22)28)21-12-5-2-6-13-21/h2,5-9,12-14,20,22,24H,1,3-4,10-11,15-18H2,(H,26,29). The summed E-state index contributed by atoms with van der Waals surface area (Å²) in [6, 6.07) is 19.9. The number of carbonyl (C=O) groups excluding carboxylic acids is 1. The molecule has 2 unspecified atom stereocenters. The van der Waals surface area contributed by atoms with E-state index in [1.54, 1.807) is 0 Å². The van der Waals surface area contributed by atoms with Crippen LogP contribution in [0.1, 0.15) is 37.7 Å². The minimum atomic E-state index is 0.0124. The number of nitrogens with zero attached hydrogens (tertiary/aromatic N) is 2. The highest BCUT2D eigenvalue weighted by Gasteiger charge is 2.41. The summed E-state index contributed by atoms with van der Waals surface area (Å²) < 4.78 is 0. The number of para-hydroxylation sites is 2. The first-order valence-corrected chi connectivity index (χ1v) is 11.2. The third-order valence-electron chi connectivity index (χ3n) is 7.03. The summed E-state index contributed by atoms with van der Waals surface area (Å²) in [4.78, 5) is 18.4. The van der Waals surface area contributed by atoms with Crippen molar-refractivity contribution in [2.24, 2.45) is 5.92 Å². The van der Waals surface area contributed by atoms with Gasteiger partial charge >= 0.3 is 0 Å². The lowest BCUT2D eigenvalue weighted by Gasteiger charge is -2.50. The van der Waals surface area contributed by atoms with Crippen molar-refractivity contribution in [3.8, 4) is 0 Å². The Morgan fingerprint density at radius 3 is 2.48 bits per heavy atom. The largest absolute Gasteiger partial charge is 0.368 e. The zero-order valence-electron chi connectivity index (χ0n) is 17.1. The Morgan fingerprint density at radius 1 is 0.897 bits per heavy atom. The number of hydrogen-bond donors (Lipinski definition) is 1. The number of rotatable bonds is 3. The molecule has 4 nitrogen and oxygen atoms in total. The number of piperazine rings is 1. The second-order valence-electron chi connectivity index (χ2n) is 8.83. The van der Waals surface area contributed by atoms with E-state index in [0.29, 0.717) is 6.04 Å². The fraction of sp³-hybridized carbons (Fsp3) is 0.480. The van der Waals surface area contributed by atoms with Crippen molar-refractivity contribution in [2.75, 3.05) is 29.4 Å². The molecule has 2 atom stereocenters. The molecule has 2 heterocycles. The minimum absolute atomic E-state index is 0.0124. The average Bonchev–Trinajstić information content (AvgIpc) is 2.79. The van der Waals surface area contributed by atoms with Gasteiger partial charge in [0.15, 0.2) is 0 Å². The Kier molecular flexibility index (Phi) is 5.17. The van der Waals surface area contributed by atoms with Crippen molar-refractivity contribution in [2.45, 2.75) is 50.6 Å². The van der Waals surface area contributed by atoms with E-state index in [2.05, 4.69) is 69.7 Å². The minimum Gasteiger partial charge on any atom is -0.368 e. The molecule has 29 heavy (non-hydrogen) atoms. The number of carbonyl (C=O) groups is 1. The Labute approximate surface area is 173 Å². The molecule has 3 aliphatic rings. The van der Waals surface area contributed by atoms with Crippen LogP contribution in [-0.2, 0) is 11.2 Å². The summed E-state index contributed by atoms with van der Waals surface area (Å²) in [6.45, 7) is 2.86. The summed E-state index contributed by atoms with van der Waals surface area (Å²) in [5, 5.41) is 3.42. The van der Waals surface area contributed by atoms with E-state index in [4.69, 9.17) is 0 Å². The maximum Gasteiger partial charge on any atom is 0.225 e. The van der Waals surface area contributed by atoms with Gasteiger partial charge in [-0.05, 0) is 43.0 Å². The molecule has 0 bridgehead atoms. The number of fused-ring (bicyclic) bond motifs is 3. The van der Waals surface area contributed by atoms with Gasteiger partial charge in [-0.1, -0.05) is 55.7 Å². The van der Waals surface area contributed by atoms with Crippen molar-refractivity contribution in [3.63, 3.8) is 0 Å². The van der Waals surface area contributed by atoms with Crippen LogP contribution in [0.2, 0.25) is 0 Å². The SMILES string of the molecule is O=C(NC1CCCCC1)C1Cc2ccccc2N2CCN(c3ccccc3)CC12. The third-order valence-corrected chi connectivity index (χ3v) is 7.03. The molecule has 1 saturated heterocycles. The van der Waals surface area contributed by atoms with E-state index in [-0.39, 0.29) is 17.9 Å². The van der Waals surface area contributed by atoms with Crippen molar-refractivity contribution < 1.29 is 4.79 Å². The molecule has 1 saturated carbocycles. The van der Waals surface area contributed by atoms with E-state index < -0.39 is 0 Å². The monoisotopic (exact) mass is 389 g/mol. The molecule has 2 aliphatic heterocycles. The number of amides is 1. The van der Waals surface area contributed by atoms with Gasteiger partial charge in [0.05, 0.1) is 12.0 Å². The molecule has 4 heteroatoms. The van der Waals surface area contributed by atoms with Crippen LogP contribution < -0.4 is 15.1 Å². The molecule has 1 amide bonds. The highest BCUT2D eigenvalue weighted by atomic mass is 16.2. The first-order valence-electron chi connectivity index (χ1n) is 11.2. The lowest BCUT2D eigenvalue weighted by molar-refractivity contribution is -0.126. The van der Waals surface area contributed by atoms with Crippen molar-refractivity contribution in [3.05, 3.63) is 60.2 Å². The maximum atomic E-state index is 13.4. The second-order valence-corrected chi connectivity index (χ2v) is 8.83. The summed E-state index contributed by atoms with van der Waals surface area (Å²) >= 11 is 0. The molecule has 1 aliphatic carbocycles. The molecule has 0 radical (unpaired) electrons. The van der Waals surface area contributed by atoms with Gasteiger partial charge in [0.25, 0.3) is 0 Å². The van der Waals surface area contributed by atoms with Gasteiger partial charge in [0, 0.05) is 37.1 Å². The predicted octanol–water partition coefficient (Wildman–Crippen LogP) is 4.00. The zero-order valence-corrected chi connectivity index (χ0v) is 17.1. The highest BCUT2D eigenvalue weighted by molar-refractivity contribution is 5.82. The molecule has 2 fully saturated rings. The number of anilines is 2. The van der Waals surface area contributed by atoms with Crippen molar-refractivity contribution in [1.82, 2.24) is 5.32 Å². The highest BCUT2D eigenvalue weighted by Crippen LogP contribution is 2.37. The normalized spacial score (nSPS) is 24.6. The van der Waals surface area contributed by atoms with Crippen LogP contribution in [0.25, 0.3) is 0 Å².